The van der Waals surface area contributed by atoms with E-state index >= 15 is 0 Å². The normalized spacial score (nSPS) is 13.0. The molecule has 1 aliphatic rings. The third-order valence-electron chi connectivity index (χ3n) is 5.24. The first kappa shape index (κ1) is 17.5. The van der Waals surface area contributed by atoms with Gasteiger partial charge in [0.15, 0.2) is 0 Å². The predicted molar refractivity (Wildman–Crippen MR) is 108 cm³/mol. The van der Waals surface area contributed by atoms with Crippen molar-refractivity contribution in [2.24, 2.45) is 0 Å². The molecule has 5 rings (SSSR count). The standard InChI is InChI=1S/C22H18N4O3/c1-13-19(24-17-6-3-2-5-16(17)23-13)12-29-22(28)14-8-9-15-18(11-14)25-20-7-4-10-26(20)21(15)27/h2-3,5-6,8-9,11H,4,7,10,12H2,1H3. The van der Waals surface area contributed by atoms with Gasteiger partial charge in [0.25, 0.3) is 5.56 Å². The third-order valence-corrected chi connectivity index (χ3v) is 5.24. The highest BCUT2D eigenvalue weighted by Crippen LogP contribution is 2.18. The highest BCUT2D eigenvalue weighted by molar-refractivity contribution is 5.94. The van der Waals surface area contributed by atoms with E-state index in [4.69, 9.17) is 4.74 Å². The lowest BCUT2D eigenvalue weighted by Crippen LogP contribution is -2.21. The van der Waals surface area contributed by atoms with Crippen LogP contribution in [-0.4, -0.2) is 25.5 Å². The van der Waals surface area contributed by atoms with E-state index in [-0.39, 0.29) is 12.2 Å². The minimum atomic E-state index is -0.483. The molecule has 2 aromatic carbocycles. The van der Waals surface area contributed by atoms with Crippen LogP contribution in [0, 0.1) is 6.92 Å². The van der Waals surface area contributed by atoms with Crippen LogP contribution in [0.2, 0.25) is 0 Å². The number of hydrogen-bond donors (Lipinski definition) is 0. The van der Waals surface area contributed by atoms with Crippen LogP contribution in [0.1, 0.15) is 34.0 Å². The number of carbonyl (C=O) groups is 1. The van der Waals surface area contributed by atoms with Crippen molar-refractivity contribution in [3.63, 3.8) is 0 Å². The summed E-state index contributed by atoms with van der Waals surface area (Å²) in [7, 11) is 0. The Morgan fingerprint density at radius 3 is 2.69 bits per heavy atom. The van der Waals surface area contributed by atoms with Crippen LogP contribution in [-0.2, 0) is 24.3 Å². The number of esters is 1. The fourth-order valence-electron chi connectivity index (χ4n) is 3.69. The summed E-state index contributed by atoms with van der Waals surface area (Å²) < 4.78 is 7.17. The van der Waals surface area contributed by atoms with Gasteiger partial charge in [0, 0.05) is 13.0 Å². The Hall–Kier alpha value is -3.61. The zero-order valence-electron chi connectivity index (χ0n) is 15.9. The summed E-state index contributed by atoms with van der Waals surface area (Å²) in [5.74, 6) is 0.290. The smallest absolute Gasteiger partial charge is 0.338 e. The van der Waals surface area contributed by atoms with Crippen molar-refractivity contribution in [3.8, 4) is 0 Å². The summed E-state index contributed by atoms with van der Waals surface area (Å²) in [5, 5.41) is 0.517. The molecule has 0 amide bonds. The molecule has 0 bridgehead atoms. The Balaban J connectivity index is 1.41. The molecule has 144 valence electrons. The van der Waals surface area contributed by atoms with Gasteiger partial charge in [-0.15, -0.1) is 0 Å². The number of hydrogen-bond acceptors (Lipinski definition) is 6. The monoisotopic (exact) mass is 386 g/mol. The Morgan fingerprint density at radius 2 is 1.86 bits per heavy atom. The highest BCUT2D eigenvalue weighted by atomic mass is 16.5. The number of ether oxygens (including phenoxy) is 1. The molecule has 29 heavy (non-hydrogen) atoms. The van der Waals surface area contributed by atoms with E-state index in [1.165, 1.54) is 0 Å². The lowest BCUT2D eigenvalue weighted by atomic mass is 10.1. The van der Waals surface area contributed by atoms with Crippen molar-refractivity contribution in [2.75, 3.05) is 0 Å². The number of benzene rings is 2. The van der Waals surface area contributed by atoms with Gasteiger partial charge in [0.2, 0.25) is 0 Å². The number of aryl methyl sites for hydroxylation is 2. The lowest BCUT2D eigenvalue weighted by Gasteiger charge is -2.09. The molecule has 7 heteroatoms. The van der Waals surface area contributed by atoms with E-state index in [1.807, 2.05) is 31.2 Å². The highest BCUT2D eigenvalue weighted by Gasteiger charge is 2.18. The van der Waals surface area contributed by atoms with Gasteiger partial charge in [-0.3, -0.25) is 9.36 Å². The first-order valence-corrected chi connectivity index (χ1v) is 9.53. The number of carbonyl (C=O) groups excluding carboxylic acids is 1. The maximum absolute atomic E-state index is 12.6. The maximum Gasteiger partial charge on any atom is 0.338 e. The fraction of sp³-hybridized carbons (Fsp3) is 0.227. The van der Waals surface area contributed by atoms with Gasteiger partial charge >= 0.3 is 5.97 Å². The zero-order valence-corrected chi connectivity index (χ0v) is 15.9. The molecule has 0 N–H and O–H groups in total. The molecule has 0 atom stereocenters. The second-order valence-electron chi connectivity index (χ2n) is 7.14. The molecule has 1 aliphatic heterocycles. The quantitative estimate of drug-likeness (QED) is 0.503. The molecule has 3 heterocycles. The molecule has 0 spiro atoms. The summed E-state index contributed by atoms with van der Waals surface area (Å²) in [6.45, 7) is 2.57. The number of rotatable bonds is 3. The second-order valence-corrected chi connectivity index (χ2v) is 7.14. The lowest BCUT2D eigenvalue weighted by molar-refractivity contribution is 0.0467. The molecule has 0 radical (unpaired) electrons. The average molecular weight is 386 g/mol. The van der Waals surface area contributed by atoms with Crippen LogP contribution in [0.3, 0.4) is 0 Å². The summed E-state index contributed by atoms with van der Waals surface area (Å²) in [6.07, 6.45) is 1.69. The van der Waals surface area contributed by atoms with Gasteiger partial charge in [0.1, 0.15) is 12.4 Å². The van der Waals surface area contributed by atoms with Crippen LogP contribution in [0.5, 0.6) is 0 Å². The third kappa shape index (κ3) is 3.04. The van der Waals surface area contributed by atoms with E-state index in [0.29, 0.717) is 28.7 Å². The van der Waals surface area contributed by atoms with Gasteiger partial charge in [0.05, 0.1) is 38.9 Å². The van der Waals surface area contributed by atoms with Crippen molar-refractivity contribution >= 4 is 27.9 Å². The summed E-state index contributed by atoms with van der Waals surface area (Å²) in [5.41, 5.74) is 3.74. The Morgan fingerprint density at radius 1 is 1.07 bits per heavy atom. The van der Waals surface area contributed by atoms with Crippen LogP contribution >= 0.6 is 0 Å². The fourth-order valence-corrected chi connectivity index (χ4v) is 3.69. The van der Waals surface area contributed by atoms with E-state index < -0.39 is 5.97 Å². The van der Waals surface area contributed by atoms with E-state index in [1.54, 1.807) is 22.8 Å². The topological polar surface area (TPSA) is 87.0 Å². The Bertz CT molecular complexity index is 1340. The van der Waals surface area contributed by atoms with Crippen LogP contribution in [0.4, 0.5) is 0 Å². The molecule has 7 nitrogen and oxygen atoms in total. The number of fused-ring (bicyclic) bond motifs is 3. The summed E-state index contributed by atoms with van der Waals surface area (Å²) >= 11 is 0. The van der Waals surface area contributed by atoms with Crippen molar-refractivity contribution in [1.82, 2.24) is 19.5 Å². The van der Waals surface area contributed by atoms with Crippen molar-refractivity contribution < 1.29 is 9.53 Å². The first-order valence-electron chi connectivity index (χ1n) is 9.53. The molecule has 0 saturated carbocycles. The molecule has 0 fully saturated rings. The van der Waals surface area contributed by atoms with Crippen LogP contribution in [0.15, 0.2) is 47.3 Å². The minimum Gasteiger partial charge on any atom is -0.456 e. The summed E-state index contributed by atoms with van der Waals surface area (Å²) in [6, 6.07) is 12.4. The maximum atomic E-state index is 12.6. The van der Waals surface area contributed by atoms with Gasteiger partial charge < -0.3 is 4.74 Å². The molecule has 0 aliphatic carbocycles. The molecular formula is C22H18N4O3. The molecular weight excluding hydrogens is 368 g/mol. The van der Waals surface area contributed by atoms with Gasteiger partial charge in [-0.05, 0) is 43.7 Å². The van der Waals surface area contributed by atoms with Crippen LogP contribution in [0.25, 0.3) is 21.9 Å². The molecule has 0 unspecified atom stereocenters. The van der Waals surface area contributed by atoms with Gasteiger partial charge in [-0.1, -0.05) is 12.1 Å². The van der Waals surface area contributed by atoms with E-state index in [9.17, 15) is 9.59 Å². The largest absolute Gasteiger partial charge is 0.456 e. The molecule has 4 aromatic rings. The number of para-hydroxylation sites is 2. The molecule has 0 saturated heterocycles. The second kappa shape index (κ2) is 6.77. The predicted octanol–water partition coefficient (Wildman–Crippen LogP) is 2.95. The van der Waals surface area contributed by atoms with Gasteiger partial charge in [-0.25, -0.2) is 19.7 Å². The van der Waals surface area contributed by atoms with Crippen molar-refractivity contribution in [1.29, 1.82) is 0 Å². The first-order chi connectivity index (χ1) is 14.1. The van der Waals surface area contributed by atoms with E-state index in [0.717, 1.165) is 35.4 Å². The zero-order chi connectivity index (χ0) is 20.0. The SMILES string of the molecule is Cc1nc2ccccc2nc1COC(=O)c1ccc2c(=O)n3c(nc2c1)CCC3. The average Bonchev–Trinajstić information content (AvgIpc) is 3.20. The molecule has 2 aromatic heterocycles. The minimum absolute atomic E-state index is 0.0286. The van der Waals surface area contributed by atoms with Crippen molar-refractivity contribution in [3.05, 3.63) is 75.6 Å². The Kier molecular flexibility index (Phi) is 4.08. The van der Waals surface area contributed by atoms with Crippen LogP contribution < -0.4 is 5.56 Å². The Labute approximate surface area is 166 Å². The number of aromatic nitrogens is 4. The summed E-state index contributed by atoms with van der Waals surface area (Å²) in [4.78, 5) is 38.7. The van der Waals surface area contributed by atoms with Crippen molar-refractivity contribution in [2.45, 2.75) is 32.9 Å². The van der Waals surface area contributed by atoms with Gasteiger partial charge in [-0.2, -0.15) is 0 Å². The van der Waals surface area contributed by atoms with E-state index in [2.05, 4.69) is 15.0 Å². The number of nitrogens with zero attached hydrogens (tertiary/aromatic N) is 4.